The van der Waals surface area contributed by atoms with Gasteiger partial charge in [-0.2, -0.15) is 0 Å². The van der Waals surface area contributed by atoms with Crippen molar-refractivity contribution in [2.45, 2.75) is 26.5 Å². The van der Waals surface area contributed by atoms with E-state index in [4.69, 9.17) is 11.6 Å². The summed E-state index contributed by atoms with van der Waals surface area (Å²) >= 11 is 8.05. The molecule has 2 aromatic rings. The second kappa shape index (κ2) is 4.82. The van der Waals surface area contributed by atoms with E-state index >= 15 is 0 Å². The van der Waals surface area contributed by atoms with E-state index < -0.39 is 0 Å². The average Bonchev–Trinajstić information content (AvgIpc) is 2.61. The van der Waals surface area contributed by atoms with Gasteiger partial charge in [0.05, 0.1) is 6.61 Å². The van der Waals surface area contributed by atoms with Gasteiger partial charge in [-0.05, 0) is 36.2 Å². The Kier molecular flexibility index (Phi) is 3.32. The molecule has 0 atom stereocenters. The lowest BCUT2D eigenvalue weighted by atomic mass is 10.0. The predicted octanol–water partition coefficient (Wildman–Crippen LogP) is 3.43. The van der Waals surface area contributed by atoms with Crippen LogP contribution in [0.4, 0.5) is 0 Å². The van der Waals surface area contributed by atoms with E-state index in [-0.39, 0.29) is 6.61 Å². The lowest BCUT2D eigenvalue weighted by Gasteiger charge is -2.17. The Morgan fingerprint density at radius 3 is 2.94 bits per heavy atom. The normalized spacial score (nSPS) is 16.2. The molecule has 0 unspecified atom stereocenters. The van der Waals surface area contributed by atoms with Gasteiger partial charge in [0.15, 0.2) is 0 Å². The lowest BCUT2D eigenvalue weighted by Crippen LogP contribution is -2.24. The second-order valence-electron chi connectivity index (χ2n) is 4.68. The molecule has 0 spiro atoms. The van der Waals surface area contributed by atoms with Crippen LogP contribution in [0.3, 0.4) is 0 Å². The number of aliphatic hydroxyl groups excluding tert-OH is 1. The standard InChI is InChI=1S/C14H16ClNOS/c1-2-16-6-5-9-11(15)3-4-12-14(9)10(7-16)13(8-17)18-12/h3-4,17H,2,5-8H2,1H3. The van der Waals surface area contributed by atoms with Gasteiger partial charge < -0.3 is 5.11 Å². The maximum Gasteiger partial charge on any atom is 0.0778 e. The molecule has 0 amide bonds. The Morgan fingerprint density at radius 1 is 1.39 bits per heavy atom. The van der Waals surface area contributed by atoms with Crippen LogP contribution in [0.2, 0.25) is 5.02 Å². The Balaban J connectivity index is 2.27. The predicted molar refractivity (Wildman–Crippen MR) is 77.4 cm³/mol. The molecule has 4 heteroatoms. The van der Waals surface area contributed by atoms with Gasteiger partial charge in [-0.3, -0.25) is 4.90 Å². The summed E-state index contributed by atoms with van der Waals surface area (Å²) in [6.45, 7) is 5.32. The average molecular weight is 282 g/mol. The minimum atomic E-state index is 0.128. The van der Waals surface area contributed by atoms with Gasteiger partial charge in [0.2, 0.25) is 0 Å². The number of nitrogens with zero attached hydrogens (tertiary/aromatic N) is 1. The number of hydrogen-bond acceptors (Lipinski definition) is 3. The molecule has 0 saturated heterocycles. The van der Waals surface area contributed by atoms with Crippen molar-refractivity contribution in [3.05, 3.63) is 33.2 Å². The van der Waals surface area contributed by atoms with Crippen molar-refractivity contribution < 1.29 is 5.11 Å². The molecule has 1 N–H and O–H groups in total. The Morgan fingerprint density at radius 2 is 2.22 bits per heavy atom. The van der Waals surface area contributed by atoms with Crippen LogP contribution in [0.5, 0.6) is 0 Å². The summed E-state index contributed by atoms with van der Waals surface area (Å²) in [4.78, 5) is 3.51. The van der Waals surface area contributed by atoms with Gasteiger partial charge in [-0.15, -0.1) is 11.3 Å². The van der Waals surface area contributed by atoms with Crippen molar-refractivity contribution in [1.29, 1.82) is 0 Å². The van der Waals surface area contributed by atoms with Crippen molar-refractivity contribution in [1.82, 2.24) is 4.90 Å². The first kappa shape index (κ1) is 12.4. The third-order valence-corrected chi connectivity index (χ3v) is 5.28. The SMILES string of the molecule is CCN1CCc2c(Cl)ccc3sc(CO)c(c23)C1. The molecule has 18 heavy (non-hydrogen) atoms. The number of benzene rings is 1. The van der Waals surface area contributed by atoms with Crippen LogP contribution in [0.25, 0.3) is 10.1 Å². The molecule has 1 aromatic heterocycles. The molecule has 0 bridgehead atoms. The fourth-order valence-corrected chi connectivity index (χ4v) is 4.09. The first-order chi connectivity index (χ1) is 8.74. The van der Waals surface area contributed by atoms with E-state index in [1.165, 1.54) is 21.2 Å². The first-order valence-corrected chi connectivity index (χ1v) is 7.49. The highest BCUT2D eigenvalue weighted by Gasteiger charge is 2.22. The molecule has 1 aliphatic rings. The summed E-state index contributed by atoms with van der Waals surface area (Å²) in [6.07, 6.45) is 0.999. The van der Waals surface area contributed by atoms with Crippen LogP contribution in [-0.2, 0) is 19.6 Å². The van der Waals surface area contributed by atoms with Crippen LogP contribution >= 0.6 is 22.9 Å². The second-order valence-corrected chi connectivity index (χ2v) is 6.22. The van der Waals surface area contributed by atoms with Crippen molar-refractivity contribution in [2.24, 2.45) is 0 Å². The van der Waals surface area contributed by atoms with E-state index in [0.717, 1.165) is 36.0 Å². The Bertz CT molecular complexity index is 593. The van der Waals surface area contributed by atoms with E-state index in [1.54, 1.807) is 11.3 Å². The molecular formula is C14H16ClNOS. The highest BCUT2D eigenvalue weighted by molar-refractivity contribution is 7.19. The quantitative estimate of drug-likeness (QED) is 0.912. The zero-order chi connectivity index (χ0) is 12.7. The molecule has 96 valence electrons. The van der Waals surface area contributed by atoms with Gasteiger partial charge in [0, 0.05) is 33.1 Å². The van der Waals surface area contributed by atoms with Gasteiger partial charge in [0.25, 0.3) is 0 Å². The summed E-state index contributed by atoms with van der Waals surface area (Å²) in [5.74, 6) is 0. The fraction of sp³-hybridized carbons (Fsp3) is 0.429. The number of aliphatic hydroxyl groups is 1. The first-order valence-electron chi connectivity index (χ1n) is 6.29. The van der Waals surface area contributed by atoms with Gasteiger partial charge >= 0.3 is 0 Å². The van der Waals surface area contributed by atoms with Gasteiger partial charge in [-0.25, -0.2) is 0 Å². The Hall–Kier alpha value is -0.610. The minimum Gasteiger partial charge on any atom is -0.391 e. The van der Waals surface area contributed by atoms with Gasteiger partial charge in [0.1, 0.15) is 0 Å². The van der Waals surface area contributed by atoms with E-state index in [9.17, 15) is 5.11 Å². The van der Waals surface area contributed by atoms with Crippen molar-refractivity contribution in [3.63, 3.8) is 0 Å². The van der Waals surface area contributed by atoms with Gasteiger partial charge in [-0.1, -0.05) is 18.5 Å². The maximum atomic E-state index is 9.54. The molecule has 2 heterocycles. The largest absolute Gasteiger partial charge is 0.391 e. The zero-order valence-electron chi connectivity index (χ0n) is 10.4. The van der Waals surface area contributed by atoms with Crippen LogP contribution in [0.1, 0.15) is 22.9 Å². The van der Waals surface area contributed by atoms with Crippen molar-refractivity contribution in [2.75, 3.05) is 13.1 Å². The number of hydrogen-bond donors (Lipinski definition) is 1. The fourth-order valence-electron chi connectivity index (χ4n) is 2.73. The van der Waals surface area contributed by atoms with Crippen LogP contribution < -0.4 is 0 Å². The molecule has 3 rings (SSSR count). The minimum absolute atomic E-state index is 0.128. The molecule has 0 fully saturated rings. The molecule has 0 radical (unpaired) electrons. The number of rotatable bonds is 2. The van der Waals surface area contributed by atoms with Crippen molar-refractivity contribution in [3.8, 4) is 0 Å². The van der Waals surface area contributed by atoms with E-state index in [2.05, 4.69) is 17.9 Å². The molecule has 1 aliphatic heterocycles. The third kappa shape index (κ3) is 1.86. The summed E-state index contributed by atoms with van der Waals surface area (Å²) in [7, 11) is 0. The zero-order valence-corrected chi connectivity index (χ0v) is 11.9. The number of likely N-dealkylation sites (N-methyl/N-ethyl adjacent to an activating group) is 1. The highest BCUT2D eigenvalue weighted by atomic mass is 35.5. The monoisotopic (exact) mass is 281 g/mol. The summed E-state index contributed by atoms with van der Waals surface area (Å²) in [5.41, 5.74) is 2.55. The van der Waals surface area contributed by atoms with E-state index in [0.29, 0.717) is 0 Å². The van der Waals surface area contributed by atoms with Crippen LogP contribution in [-0.4, -0.2) is 23.1 Å². The number of thiophene rings is 1. The van der Waals surface area contributed by atoms with Crippen LogP contribution in [0.15, 0.2) is 12.1 Å². The summed E-state index contributed by atoms with van der Waals surface area (Å²) < 4.78 is 1.26. The molecule has 0 aliphatic carbocycles. The topological polar surface area (TPSA) is 23.5 Å². The number of halogens is 1. The summed E-state index contributed by atoms with van der Waals surface area (Å²) in [6, 6.07) is 4.07. The molecule has 1 aromatic carbocycles. The molecular weight excluding hydrogens is 266 g/mol. The lowest BCUT2D eigenvalue weighted by molar-refractivity contribution is 0.271. The highest BCUT2D eigenvalue weighted by Crippen LogP contribution is 2.39. The van der Waals surface area contributed by atoms with E-state index in [1.807, 2.05) is 6.07 Å². The van der Waals surface area contributed by atoms with Crippen LogP contribution in [0, 0.1) is 0 Å². The smallest absolute Gasteiger partial charge is 0.0778 e. The maximum absolute atomic E-state index is 9.54. The third-order valence-electron chi connectivity index (χ3n) is 3.74. The Labute approximate surface area is 116 Å². The molecule has 0 saturated carbocycles. The molecule has 2 nitrogen and oxygen atoms in total. The van der Waals surface area contributed by atoms with Crippen molar-refractivity contribution >= 4 is 33.0 Å². The summed E-state index contributed by atoms with van der Waals surface area (Å²) in [5, 5.41) is 11.7.